The number of carbonyl (C=O) groups excluding carboxylic acids is 1. The van der Waals surface area contributed by atoms with Crippen LogP contribution < -0.4 is 5.32 Å². The number of hydrogen-bond donors (Lipinski definition) is 2. The molecule has 0 bridgehead atoms. The Kier molecular flexibility index (Phi) is 5.34. The maximum atomic E-state index is 13.3. The van der Waals surface area contributed by atoms with Gasteiger partial charge in [0.2, 0.25) is 5.91 Å². The number of aliphatic hydroxyl groups is 1. The summed E-state index contributed by atoms with van der Waals surface area (Å²) in [5, 5.41) is 22.8. The minimum atomic E-state index is -0.0910. The van der Waals surface area contributed by atoms with Crippen molar-refractivity contribution in [3.8, 4) is 17.2 Å². The van der Waals surface area contributed by atoms with Crippen molar-refractivity contribution in [1.29, 1.82) is 5.26 Å². The summed E-state index contributed by atoms with van der Waals surface area (Å²) in [5.41, 5.74) is 5.51. The summed E-state index contributed by atoms with van der Waals surface area (Å²) in [6.45, 7) is 0.692. The zero-order valence-electron chi connectivity index (χ0n) is 17.6. The van der Waals surface area contributed by atoms with Gasteiger partial charge in [-0.1, -0.05) is 24.3 Å². The molecule has 1 amide bonds. The highest BCUT2D eigenvalue weighted by Crippen LogP contribution is 2.47. The van der Waals surface area contributed by atoms with Crippen molar-refractivity contribution in [2.24, 2.45) is 5.92 Å². The fourth-order valence-corrected chi connectivity index (χ4v) is 5.07. The van der Waals surface area contributed by atoms with Gasteiger partial charge in [-0.2, -0.15) is 5.26 Å². The first kappa shape index (κ1) is 20.2. The first-order chi connectivity index (χ1) is 15.7. The first-order valence-corrected chi connectivity index (χ1v) is 10.9. The van der Waals surface area contributed by atoms with Crippen molar-refractivity contribution in [3.63, 3.8) is 0 Å². The molecule has 3 atom stereocenters. The predicted octanol–water partition coefficient (Wildman–Crippen LogP) is 3.54. The fourth-order valence-electron chi connectivity index (χ4n) is 5.07. The number of nitriles is 1. The molecule has 2 aliphatic rings. The molecule has 32 heavy (non-hydrogen) atoms. The van der Waals surface area contributed by atoms with Crippen LogP contribution in [0.1, 0.15) is 29.2 Å². The summed E-state index contributed by atoms with van der Waals surface area (Å²) in [5.74, 6) is 0.220. The van der Waals surface area contributed by atoms with Gasteiger partial charge in [0.1, 0.15) is 0 Å². The number of aromatic nitrogens is 1. The Morgan fingerprint density at radius 1 is 1.19 bits per heavy atom. The van der Waals surface area contributed by atoms with Crippen molar-refractivity contribution in [2.75, 3.05) is 18.5 Å². The number of fused-ring (bicyclic) bond motifs is 3. The van der Waals surface area contributed by atoms with E-state index >= 15 is 0 Å². The molecule has 2 aromatic carbocycles. The number of aliphatic hydroxyl groups excluding tert-OH is 1. The number of likely N-dealkylation sites (tertiary alicyclic amines) is 1. The Morgan fingerprint density at radius 2 is 2.06 bits per heavy atom. The van der Waals surface area contributed by atoms with Crippen LogP contribution in [0.3, 0.4) is 0 Å². The van der Waals surface area contributed by atoms with Crippen molar-refractivity contribution >= 4 is 11.6 Å². The third-order valence-corrected chi connectivity index (χ3v) is 6.59. The van der Waals surface area contributed by atoms with Crippen LogP contribution in [0.2, 0.25) is 0 Å². The molecule has 0 spiro atoms. The number of amides is 1. The highest BCUT2D eigenvalue weighted by molar-refractivity contribution is 5.81. The molecule has 6 nitrogen and oxygen atoms in total. The van der Waals surface area contributed by atoms with E-state index in [4.69, 9.17) is 0 Å². The van der Waals surface area contributed by atoms with Crippen molar-refractivity contribution < 1.29 is 9.90 Å². The van der Waals surface area contributed by atoms with Crippen LogP contribution in [0.25, 0.3) is 11.1 Å². The second kappa shape index (κ2) is 8.45. The Labute approximate surface area is 187 Å². The summed E-state index contributed by atoms with van der Waals surface area (Å²) in [6.07, 6.45) is 4.60. The molecule has 2 N–H and O–H groups in total. The van der Waals surface area contributed by atoms with Gasteiger partial charge in [0.25, 0.3) is 0 Å². The first-order valence-electron chi connectivity index (χ1n) is 10.9. The quantitative estimate of drug-likeness (QED) is 0.669. The average molecular weight is 425 g/mol. The van der Waals surface area contributed by atoms with E-state index in [0.717, 1.165) is 34.4 Å². The smallest absolute Gasteiger partial charge is 0.227 e. The number of benzene rings is 2. The van der Waals surface area contributed by atoms with E-state index in [2.05, 4.69) is 22.4 Å². The van der Waals surface area contributed by atoms with Gasteiger partial charge >= 0.3 is 0 Å². The molecular weight excluding hydrogens is 400 g/mol. The van der Waals surface area contributed by atoms with E-state index in [-0.39, 0.29) is 30.5 Å². The average Bonchev–Trinajstić information content (AvgIpc) is 3.30. The van der Waals surface area contributed by atoms with Crippen molar-refractivity contribution in [3.05, 3.63) is 83.7 Å². The predicted molar refractivity (Wildman–Crippen MR) is 122 cm³/mol. The number of pyridine rings is 1. The minimum Gasteiger partial charge on any atom is -0.394 e. The van der Waals surface area contributed by atoms with Crippen LogP contribution in [0.5, 0.6) is 0 Å². The van der Waals surface area contributed by atoms with Crippen LogP contribution in [-0.2, 0) is 11.2 Å². The van der Waals surface area contributed by atoms with E-state index < -0.39 is 0 Å². The lowest BCUT2D eigenvalue weighted by Crippen LogP contribution is -2.43. The molecule has 1 aromatic heterocycles. The molecule has 0 radical (unpaired) electrons. The number of anilines is 1. The second-order valence-electron chi connectivity index (χ2n) is 8.45. The van der Waals surface area contributed by atoms with Gasteiger partial charge in [-0.05, 0) is 59.0 Å². The third-order valence-electron chi connectivity index (χ3n) is 6.59. The van der Waals surface area contributed by atoms with E-state index in [1.807, 2.05) is 47.4 Å². The lowest BCUT2D eigenvalue weighted by molar-refractivity contribution is -0.131. The Balaban J connectivity index is 1.52. The van der Waals surface area contributed by atoms with Gasteiger partial charge in [0, 0.05) is 30.5 Å². The molecule has 0 unspecified atom stereocenters. The van der Waals surface area contributed by atoms with Gasteiger partial charge in [0.05, 0.1) is 36.7 Å². The van der Waals surface area contributed by atoms with Crippen LogP contribution >= 0.6 is 0 Å². The van der Waals surface area contributed by atoms with Crippen LogP contribution in [0, 0.1) is 17.2 Å². The maximum Gasteiger partial charge on any atom is 0.227 e. The number of hydrogen-bond acceptors (Lipinski definition) is 5. The van der Waals surface area contributed by atoms with Gasteiger partial charge < -0.3 is 15.3 Å². The van der Waals surface area contributed by atoms with Gasteiger partial charge in [0.15, 0.2) is 0 Å². The summed E-state index contributed by atoms with van der Waals surface area (Å²) in [4.78, 5) is 19.4. The molecular formula is C26H24N4O2. The largest absolute Gasteiger partial charge is 0.394 e. The lowest BCUT2D eigenvalue weighted by Gasteiger charge is -2.39. The molecule has 160 valence electrons. The molecule has 3 heterocycles. The van der Waals surface area contributed by atoms with E-state index in [9.17, 15) is 15.2 Å². The topological polar surface area (TPSA) is 89.2 Å². The summed E-state index contributed by atoms with van der Waals surface area (Å²) >= 11 is 0. The molecule has 2 aliphatic heterocycles. The standard InChI is InChI=1S/C26H24N4O2/c27-14-17-3-1-5-19(11-17)20-6-7-23-22(13-20)26-21(24(16-31)29-23)8-10-30(26)25(32)12-18-4-2-9-28-15-18/h1-7,9,11,13,15,21,24,26,29,31H,8,10,12,16H2/t21-,24+,26-/m0/s1. The zero-order valence-corrected chi connectivity index (χ0v) is 17.6. The van der Waals surface area contributed by atoms with Gasteiger partial charge in [-0.15, -0.1) is 0 Å². The molecule has 0 aliphatic carbocycles. The minimum absolute atomic E-state index is 0.0250. The highest BCUT2D eigenvalue weighted by Gasteiger charge is 2.45. The van der Waals surface area contributed by atoms with E-state index in [0.29, 0.717) is 18.5 Å². The third kappa shape index (κ3) is 3.61. The van der Waals surface area contributed by atoms with E-state index in [1.54, 1.807) is 18.5 Å². The normalized spacial score (nSPS) is 21.2. The van der Waals surface area contributed by atoms with Gasteiger partial charge in [-0.3, -0.25) is 9.78 Å². The summed E-state index contributed by atoms with van der Waals surface area (Å²) < 4.78 is 0. The molecule has 3 aromatic rings. The lowest BCUT2D eigenvalue weighted by atomic mass is 9.82. The number of nitrogens with zero attached hydrogens (tertiary/aromatic N) is 3. The Hall–Kier alpha value is -3.69. The Bertz CT molecular complexity index is 1190. The monoisotopic (exact) mass is 424 g/mol. The van der Waals surface area contributed by atoms with E-state index in [1.165, 1.54) is 0 Å². The van der Waals surface area contributed by atoms with Crippen molar-refractivity contribution in [1.82, 2.24) is 9.88 Å². The second-order valence-corrected chi connectivity index (χ2v) is 8.45. The van der Waals surface area contributed by atoms with Crippen LogP contribution in [0.4, 0.5) is 5.69 Å². The summed E-state index contributed by atoms with van der Waals surface area (Å²) in [6, 6.07) is 19.5. The summed E-state index contributed by atoms with van der Waals surface area (Å²) in [7, 11) is 0. The van der Waals surface area contributed by atoms with Crippen LogP contribution in [0.15, 0.2) is 67.0 Å². The molecule has 5 rings (SSSR count). The van der Waals surface area contributed by atoms with Crippen molar-refractivity contribution in [2.45, 2.75) is 24.9 Å². The van der Waals surface area contributed by atoms with Gasteiger partial charge in [-0.25, -0.2) is 0 Å². The Morgan fingerprint density at radius 3 is 2.84 bits per heavy atom. The number of rotatable bonds is 4. The highest BCUT2D eigenvalue weighted by atomic mass is 16.3. The maximum absolute atomic E-state index is 13.3. The SMILES string of the molecule is N#Cc1cccc(-c2ccc3c(c2)[C@@H]2[C@@H](CCN2C(=O)Cc2cccnc2)[C@@H](CO)N3)c1. The molecule has 6 heteroatoms. The number of nitrogens with one attached hydrogen (secondary N) is 1. The molecule has 1 fully saturated rings. The van der Waals surface area contributed by atoms with Crippen LogP contribution in [-0.4, -0.2) is 40.1 Å². The number of carbonyl (C=O) groups is 1. The zero-order chi connectivity index (χ0) is 22.1. The fraction of sp³-hybridized carbons (Fsp3) is 0.269. The molecule has 1 saturated heterocycles. The molecule has 0 saturated carbocycles.